The molecule has 0 saturated carbocycles. The fraction of sp³-hybridized carbons (Fsp3) is 0.429. The summed E-state index contributed by atoms with van der Waals surface area (Å²) in [5.41, 5.74) is 0.884. The van der Waals surface area contributed by atoms with Gasteiger partial charge in [-0.25, -0.2) is 0 Å². The first-order valence-corrected chi connectivity index (χ1v) is 7.21. The second-order valence-corrected chi connectivity index (χ2v) is 5.30. The molecule has 1 aliphatic rings. The Morgan fingerprint density at radius 2 is 2.00 bits per heavy atom. The summed E-state index contributed by atoms with van der Waals surface area (Å²) < 4.78 is 5.30. The zero-order chi connectivity index (χ0) is 13.8. The van der Waals surface area contributed by atoms with Gasteiger partial charge in [-0.3, -0.25) is 0 Å². The summed E-state index contributed by atoms with van der Waals surface area (Å²) in [5, 5.41) is 8.03. The minimum Gasteiger partial charge on any atom is -0.339 e. The normalized spacial score (nSPS) is 15.0. The van der Waals surface area contributed by atoms with E-state index in [1.165, 1.54) is 0 Å². The van der Waals surface area contributed by atoms with Crippen LogP contribution in [0, 0.1) is 0 Å². The molecule has 0 atom stereocenters. The lowest BCUT2D eigenvalue weighted by molar-refractivity contribution is 0.234. The maximum atomic E-state index is 5.97. The first-order valence-electron chi connectivity index (χ1n) is 6.83. The quantitative estimate of drug-likeness (QED) is 0.903. The van der Waals surface area contributed by atoms with Crippen LogP contribution in [0.15, 0.2) is 28.8 Å². The van der Waals surface area contributed by atoms with Crippen molar-refractivity contribution in [3.8, 4) is 11.4 Å². The van der Waals surface area contributed by atoms with Gasteiger partial charge in [0.25, 0.3) is 0 Å². The third-order valence-corrected chi connectivity index (χ3v) is 3.64. The van der Waals surface area contributed by atoms with Crippen LogP contribution in [-0.4, -0.2) is 47.8 Å². The number of piperazine rings is 1. The zero-order valence-corrected chi connectivity index (χ0v) is 14.4. The molecular formula is C14H19Cl3N4O. The molecule has 0 spiro atoms. The van der Waals surface area contributed by atoms with Gasteiger partial charge in [-0.05, 0) is 12.1 Å². The first-order chi connectivity index (χ1) is 9.81. The molecule has 2 aromatic rings. The average Bonchev–Trinajstić information content (AvgIpc) is 2.95. The molecule has 0 aliphatic carbocycles. The monoisotopic (exact) mass is 364 g/mol. The van der Waals surface area contributed by atoms with E-state index in [4.69, 9.17) is 16.1 Å². The highest BCUT2D eigenvalue weighted by atomic mass is 35.5. The highest BCUT2D eigenvalue weighted by Gasteiger charge is 2.13. The van der Waals surface area contributed by atoms with Crippen molar-refractivity contribution in [1.82, 2.24) is 20.4 Å². The number of halogens is 3. The molecule has 2 heterocycles. The molecule has 1 N–H and O–H groups in total. The lowest BCUT2D eigenvalue weighted by Crippen LogP contribution is -2.44. The molecule has 0 amide bonds. The Morgan fingerprint density at radius 1 is 1.23 bits per heavy atom. The third-order valence-electron chi connectivity index (χ3n) is 3.40. The van der Waals surface area contributed by atoms with Crippen molar-refractivity contribution in [3.63, 3.8) is 0 Å². The standard InChI is InChI=1S/C14H17ClN4O.2ClH/c15-12-3-1-2-11(10-12)14-17-13(20-18-14)4-7-19-8-5-16-6-9-19;;/h1-3,10,16H,4-9H2;2*1H. The SMILES string of the molecule is Cl.Cl.Clc1cccc(-c2noc(CCN3CCNCC3)n2)c1. The van der Waals surface area contributed by atoms with Gasteiger partial charge >= 0.3 is 0 Å². The molecule has 8 heteroatoms. The Labute approximate surface area is 147 Å². The molecule has 0 unspecified atom stereocenters. The van der Waals surface area contributed by atoms with Crippen LogP contribution in [0.3, 0.4) is 0 Å². The highest BCUT2D eigenvalue weighted by molar-refractivity contribution is 6.30. The van der Waals surface area contributed by atoms with Gasteiger partial charge in [-0.2, -0.15) is 4.98 Å². The van der Waals surface area contributed by atoms with Crippen LogP contribution in [0.2, 0.25) is 5.02 Å². The Hall–Kier alpha value is -0.850. The number of benzene rings is 1. The van der Waals surface area contributed by atoms with Gasteiger partial charge in [0.05, 0.1) is 0 Å². The molecule has 0 radical (unpaired) electrons. The summed E-state index contributed by atoms with van der Waals surface area (Å²) in [6.45, 7) is 5.22. The maximum Gasteiger partial charge on any atom is 0.228 e. The summed E-state index contributed by atoms with van der Waals surface area (Å²) in [6.07, 6.45) is 0.785. The molecule has 1 fully saturated rings. The van der Waals surface area contributed by atoms with Crippen LogP contribution in [0.1, 0.15) is 5.89 Å². The van der Waals surface area contributed by atoms with Gasteiger partial charge in [-0.1, -0.05) is 28.9 Å². The largest absolute Gasteiger partial charge is 0.339 e. The van der Waals surface area contributed by atoms with Crippen LogP contribution < -0.4 is 5.32 Å². The predicted octanol–water partition coefficient (Wildman–Crippen LogP) is 2.68. The Bertz CT molecular complexity index is 573. The van der Waals surface area contributed by atoms with Gasteiger partial charge in [0.1, 0.15) is 0 Å². The minimum absolute atomic E-state index is 0. The van der Waals surface area contributed by atoms with E-state index in [0.717, 1.165) is 44.7 Å². The number of hydrogen-bond acceptors (Lipinski definition) is 5. The van der Waals surface area contributed by atoms with E-state index in [1.807, 2.05) is 24.3 Å². The second-order valence-electron chi connectivity index (χ2n) is 4.86. The second kappa shape index (κ2) is 9.33. The summed E-state index contributed by atoms with van der Waals surface area (Å²) >= 11 is 5.97. The summed E-state index contributed by atoms with van der Waals surface area (Å²) in [4.78, 5) is 6.83. The Morgan fingerprint density at radius 3 is 2.73 bits per heavy atom. The van der Waals surface area contributed by atoms with E-state index in [9.17, 15) is 0 Å². The number of nitrogens with one attached hydrogen (secondary N) is 1. The zero-order valence-electron chi connectivity index (χ0n) is 12.0. The number of nitrogens with zero attached hydrogens (tertiary/aromatic N) is 3. The van der Waals surface area contributed by atoms with Gasteiger partial charge in [-0.15, -0.1) is 24.8 Å². The summed E-state index contributed by atoms with van der Waals surface area (Å²) in [6, 6.07) is 7.48. The maximum absolute atomic E-state index is 5.97. The molecule has 1 aromatic heterocycles. The van der Waals surface area contributed by atoms with Crippen molar-refractivity contribution < 1.29 is 4.52 Å². The van der Waals surface area contributed by atoms with Crippen LogP contribution >= 0.6 is 36.4 Å². The molecular weight excluding hydrogens is 347 g/mol. The van der Waals surface area contributed by atoms with Crippen LogP contribution in [0.4, 0.5) is 0 Å². The molecule has 1 aliphatic heterocycles. The van der Waals surface area contributed by atoms with Crippen LogP contribution in [0.5, 0.6) is 0 Å². The average molecular weight is 366 g/mol. The molecule has 1 aromatic carbocycles. The van der Waals surface area contributed by atoms with E-state index < -0.39 is 0 Å². The Kier molecular flexibility index (Phi) is 8.14. The fourth-order valence-electron chi connectivity index (χ4n) is 2.29. The third kappa shape index (κ3) is 5.11. The summed E-state index contributed by atoms with van der Waals surface area (Å²) in [5.74, 6) is 1.28. The minimum atomic E-state index is 0. The molecule has 1 saturated heterocycles. The van der Waals surface area contributed by atoms with Crippen molar-refractivity contribution in [2.45, 2.75) is 6.42 Å². The first kappa shape index (κ1) is 19.2. The van der Waals surface area contributed by atoms with Crippen molar-refractivity contribution in [1.29, 1.82) is 0 Å². The number of hydrogen-bond donors (Lipinski definition) is 1. The molecule has 122 valence electrons. The number of rotatable bonds is 4. The molecule has 3 rings (SSSR count). The Balaban J connectivity index is 0.00000121. The lowest BCUT2D eigenvalue weighted by Gasteiger charge is -2.26. The highest BCUT2D eigenvalue weighted by Crippen LogP contribution is 2.20. The number of aromatic nitrogens is 2. The fourth-order valence-corrected chi connectivity index (χ4v) is 2.48. The van der Waals surface area contributed by atoms with E-state index in [1.54, 1.807) is 0 Å². The lowest BCUT2D eigenvalue weighted by atomic mass is 10.2. The predicted molar refractivity (Wildman–Crippen MR) is 92.3 cm³/mol. The topological polar surface area (TPSA) is 54.2 Å². The molecule has 0 bridgehead atoms. The van der Waals surface area contributed by atoms with Gasteiger partial charge in [0, 0.05) is 49.7 Å². The smallest absolute Gasteiger partial charge is 0.228 e. The van der Waals surface area contributed by atoms with Crippen LogP contribution in [0.25, 0.3) is 11.4 Å². The van der Waals surface area contributed by atoms with E-state index >= 15 is 0 Å². The molecule has 22 heavy (non-hydrogen) atoms. The van der Waals surface area contributed by atoms with E-state index in [2.05, 4.69) is 20.4 Å². The van der Waals surface area contributed by atoms with Crippen molar-refractivity contribution >= 4 is 36.4 Å². The van der Waals surface area contributed by atoms with E-state index in [0.29, 0.717) is 16.7 Å². The van der Waals surface area contributed by atoms with Crippen LogP contribution in [-0.2, 0) is 6.42 Å². The van der Waals surface area contributed by atoms with Gasteiger partial charge in [0.15, 0.2) is 0 Å². The van der Waals surface area contributed by atoms with Gasteiger partial charge < -0.3 is 14.7 Å². The summed E-state index contributed by atoms with van der Waals surface area (Å²) in [7, 11) is 0. The molecule has 5 nitrogen and oxygen atoms in total. The van der Waals surface area contributed by atoms with Crippen molar-refractivity contribution in [3.05, 3.63) is 35.2 Å². The van der Waals surface area contributed by atoms with E-state index in [-0.39, 0.29) is 24.8 Å². The van der Waals surface area contributed by atoms with Crippen molar-refractivity contribution in [2.24, 2.45) is 0 Å². The van der Waals surface area contributed by atoms with Gasteiger partial charge in [0.2, 0.25) is 11.7 Å². The van der Waals surface area contributed by atoms with Crippen molar-refractivity contribution in [2.75, 3.05) is 32.7 Å².